The Labute approximate surface area is 165 Å². The van der Waals surface area contributed by atoms with Gasteiger partial charge >= 0.3 is 0 Å². The molecule has 2 heterocycles. The van der Waals surface area contributed by atoms with Crippen molar-refractivity contribution >= 4 is 29.0 Å². The highest BCUT2D eigenvalue weighted by Crippen LogP contribution is 2.32. The molecule has 0 fully saturated rings. The number of carbonyl (C=O) groups excluding carboxylic acids is 2. The Kier molecular flexibility index (Phi) is 5.55. The summed E-state index contributed by atoms with van der Waals surface area (Å²) in [7, 11) is 0. The maximum absolute atomic E-state index is 14.7. The van der Waals surface area contributed by atoms with Crippen LogP contribution < -0.4 is 10.2 Å². The Morgan fingerprint density at radius 2 is 1.96 bits per heavy atom. The molecule has 0 aliphatic carbocycles. The highest BCUT2D eigenvalue weighted by molar-refractivity contribution is 7.03. The number of amides is 2. The first-order valence-electron chi connectivity index (χ1n) is 8.48. The average molecular weight is 402 g/mol. The first-order valence-corrected chi connectivity index (χ1v) is 9.32. The third kappa shape index (κ3) is 4.25. The fraction of sp³-hybridized carbons (Fsp3) is 0.263. The van der Waals surface area contributed by atoms with Gasteiger partial charge in [-0.3, -0.25) is 14.5 Å². The van der Waals surface area contributed by atoms with Crippen molar-refractivity contribution in [3.05, 3.63) is 65.3 Å². The smallest absolute Gasteiger partial charge is 0.280 e. The Hall–Kier alpha value is -3.07. The SMILES string of the molecule is CC(C)(C)NC(=O)[C@H](c1ccco1)N(C(=O)c1csnn1)c1ccccc1F. The molecule has 28 heavy (non-hydrogen) atoms. The largest absolute Gasteiger partial charge is 0.467 e. The van der Waals surface area contributed by atoms with Gasteiger partial charge in [0.25, 0.3) is 11.8 Å². The van der Waals surface area contributed by atoms with Crippen LogP contribution in [0.1, 0.15) is 43.1 Å². The maximum atomic E-state index is 14.7. The number of rotatable bonds is 5. The van der Waals surface area contributed by atoms with Crippen LogP contribution in [0.2, 0.25) is 0 Å². The normalized spacial score (nSPS) is 12.4. The van der Waals surface area contributed by atoms with Crippen molar-refractivity contribution in [3.63, 3.8) is 0 Å². The van der Waals surface area contributed by atoms with Crippen molar-refractivity contribution < 1.29 is 18.4 Å². The molecule has 1 N–H and O–H groups in total. The average Bonchev–Trinajstić information content (AvgIpc) is 3.32. The molecule has 1 aromatic carbocycles. The van der Waals surface area contributed by atoms with Gasteiger partial charge < -0.3 is 9.73 Å². The van der Waals surface area contributed by atoms with Crippen LogP contribution in [0.3, 0.4) is 0 Å². The van der Waals surface area contributed by atoms with E-state index in [2.05, 4.69) is 14.9 Å². The van der Waals surface area contributed by atoms with E-state index < -0.39 is 29.2 Å². The summed E-state index contributed by atoms with van der Waals surface area (Å²) in [6.07, 6.45) is 1.39. The van der Waals surface area contributed by atoms with Crippen LogP contribution >= 0.6 is 11.5 Å². The minimum atomic E-state index is -1.24. The van der Waals surface area contributed by atoms with E-state index in [1.807, 2.05) is 20.8 Å². The summed E-state index contributed by atoms with van der Waals surface area (Å²) in [4.78, 5) is 27.4. The lowest BCUT2D eigenvalue weighted by Crippen LogP contribution is -2.49. The molecule has 3 rings (SSSR count). The lowest BCUT2D eigenvalue weighted by molar-refractivity contribution is -0.124. The Morgan fingerprint density at radius 3 is 2.54 bits per heavy atom. The molecular weight excluding hydrogens is 383 g/mol. The first kappa shape index (κ1) is 19.7. The Balaban J connectivity index is 2.15. The molecular formula is C19H19FN4O3S. The van der Waals surface area contributed by atoms with Gasteiger partial charge in [0.05, 0.1) is 12.0 Å². The van der Waals surface area contributed by atoms with Crippen LogP contribution in [0.15, 0.2) is 52.5 Å². The van der Waals surface area contributed by atoms with E-state index in [1.54, 1.807) is 18.2 Å². The zero-order valence-corrected chi connectivity index (χ0v) is 16.4. The summed E-state index contributed by atoms with van der Waals surface area (Å²) in [5.41, 5.74) is -0.632. The van der Waals surface area contributed by atoms with Crippen molar-refractivity contribution in [2.24, 2.45) is 0 Å². The molecule has 3 aromatic rings. The summed E-state index contributed by atoms with van der Waals surface area (Å²) in [6.45, 7) is 5.43. The number of furan rings is 1. The van der Waals surface area contributed by atoms with Crippen molar-refractivity contribution in [2.75, 3.05) is 4.90 Å². The number of anilines is 1. The molecule has 0 aliphatic heterocycles. The Bertz CT molecular complexity index is 952. The monoisotopic (exact) mass is 402 g/mol. The number of para-hydroxylation sites is 1. The van der Waals surface area contributed by atoms with Gasteiger partial charge in [-0.1, -0.05) is 16.6 Å². The minimum absolute atomic E-state index is 0.00775. The molecule has 1 atom stereocenters. The minimum Gasteiger partial charge on any atom is -0.467 e. The second-order valence-corrected chi connectivity index (χ2v) is 7.68. The van der Waals surface area contributed by atoms with E-state index >= 15 is 0 Å². The molecule has 0 unspecified atom stereocenters. The van der Waals surface area contributed by atoms with E-state index in [0.717, 1.165) is 16.4 Å². The molecule has 0 spiro atoms. The number of nitrogens with one attached hydrogen (secondary N) is 1. The summed E-state index contributed by atoms with van der Waals surface area (Å²) in [6, 6.07) is 7.65. The summed E-state index contributed by atoms with van der Waals surface area (Å²) < 4.78 is 23.8. The number of hydrogen-bond acceptors (Lipinski definition) is 6. The summed E-state index contributed by atoms with van der Waals surface area (Å²) >= 11 is 0.986. The molecule has 0 radical (unpaired) electrons. The highest BCUT2D eigenvalue weighted by Gasteiger charge is 2.38. The molecule has 9 heteroatoms. The summed E-state index contributed by atoms with van der Waals surface area (Å²) in [5, 5.41) is 8.05. The molecule has 146 valence electrons. The second kappa shape index (κ2) is 7.89. The van der Waals surface area contributed by atoms with E-state index in [1.165, 1.54) is 29.8 Å². The van der Waals surface area contributed by atoms with Gasteiger partial charge in [-0.2, -0.15) is 0 Å². The number of halogens is 1. The lowest BCUT2D eigenvalue weighted by Gasteiger charge is -2.32. The maximum Gasteiger partial charge on any atom is 0.280 e. The number of nitrogens with zero attached hydrogens (tertiary/aromatic N) is 3. The third-order valence-electron chi connectivity index (χ3n) is 3.73. The number of hydrogen-bond donors (Lipinski definition) is 1. The molecule has 0 saturated heterocycles. The zero-order valence-electron chi connectivity index (χ0n) is 15.5. The van der Waals surface area contributed by atoms with E-state index in [4.69, 9.17) is 4.42 Å². The zero-order chi connectivity index (χ0) is 20.3. The highest BCUT2D eigenvalue weighted by atomic mass is 32.1. The summed E-state index contributed by atoms with van der Waals surface area (Å²) in [5.74, 6) is -1.63. The quantitative estimate of drug-likeness (QED) is 0.705. The lowest BCUT2D eigenvalue weighted by atomic mass is 10.1. The van der Waals surface area contributed by atoms with Crippen LogP contribution in [-0.2, 0) is 4.79 Å². The van der Waals surface area contributed by atoms with Crippen LogP contribution in [0.25, 0.3) is 0 Å². The third-order valence-corrected chi connectivity index (χ3v) is 4.23. The van der Waals surface area contributed by atoms with Gasteiger partial charge in [-0.05, 0) is 56.6 Å². The molecule has 2 aromatic heterocycles. The molecule has 7 nitrogen and oxygen atoms in total. The Morgan fingerprint density at radius 1 is 1.21 bits per heavy atom. The second-order valence-electron chi connectivity index (χ2n) is 7.07. The van der Waals surface area contributed by atoms with Crippen molar-refractivity contribution in [1.29, 1.82) is 0 Å². The van der Waals surface area contributed by atoms with Crippen molar-refractivity contribution in [3.8, 4) is 0 Å². The van der Waals surface area contributed by atoms with Gasteiger partial charge in [0.15, 0.2) is 11.7 Å². The van der Waals surface area contributed by atoms with Gasteiger partial charge in [0, 0.05) is 10.9 Å². The number of aromatic nitrogens is 2. The topological polar surface area (TPSA) is 88.3 Å². The van der Waals surface area contributed by atoms with Crippen molar-refractivity contribution in [2.45, 2.75) is 32.4 Å². The standard InChI is InChI=1S/C19H19FN4O3S/c1-19(2,3)21-17(25)16(15-9-6-10-27-15)24(14-8-5-4-7-12(14)20)18(26)13-11-28-23-22-13/h4-11,16H,1-3H3,(H,21,25)/t16-/m0/s1. The van der Waals surface area contributed by atoms with E-state index in [0.29, 0.717) is 0 Å². The fourth-order valence-corrected chi connectivity index (χ4v) is 3.08. The molecule has 0 aliphatic rings. The first-order chi connectivity index (χ1) is 13.3. The molecule has 2 amide bonds. The van der Waals surface area contributed by atoms with E-state index in [-0.39, 0.29) is 17.1 Å². The number of benzene rings is 1. The van der Waals surface area contributed by atoms with Gasteiger partial charge in [-0.25, -0.2) is 4.39 Å². The van der Waals surface area contributed by atoms with Gasteiger partial charge in [0.1, 0.15) is 11.6 Å². The van der Waals surface area contributed by atoms with Crippen LogP contribution in [0, 0.1) is 5.82 Å². The van der Waals surface area contributed by atoms with E-state index in [9.17, 15) is 14.0 Å². The molecule has 0 bridgehead atoms. The van der Waals surface area contributed by atoms with Gasteiger partial charge in [0.2, 0.25) is 0 Å². The molecule has 0 saturated carbocycles. The van der Waals surface area contributed by atoms with Gasteiger partial charge in [-0.15, -0.1) is 5.10 Å². The van der Waals surface area contributed by atoms with Crippen molar-refractivity contribution in [1.82, 2.24) is 14.9 Å². The van der Waals surface area contributed by atoms with Crippen LogP contribution in [0.5, 0.6) is 0 Å². The van der Waals surface area contributed by atoms with Crippen LogP contribution in [0.4, 0.5) is 10.1 Å². The fourth-order valence-electron chi connectivity index (χ4n) is 2.65. The predicted molar refractivity (Wildman–Crippen MR) is 102 cm³/mol. The predicted octanol–water partition coefficient (Wildman–Crippen LogP) is 3.57. The van der Waals surface area contributed by atoms with Crippen LogP contribution in [-0.4, -0.2) is 26.9 Å². The number of carbonyl (C=O) groups is 2.